The monoisotopic (exact) mass is 434 g/mol. The minimum absolute atomic E-state index is 0.121. The lowest BCUT2D eigenvalue weighted by Gasteiger charge is -2.17. The van der Waals surface area contributed by atoms with Crippen molar-refractivity contribution in [3.8, 4) is 22.3 Å². The van der Waals surface area contributed by atoms with Crippen molar-refractivity contribution in [2.24, 2.45) is 0 Å². The maximum absolute atomic E-state index is 9.39. The first-order chi connectivity index (χ1) is 22.1. The second-order valence-electron chi connectivity index (χ2n) is 7.48. The number of fused-ring (bicyclic) bond motifs is 5. The van der Waals surface area contributed by atoms with E-state index in [9.17, 15) is 1.37 Å². The Labute approximate surface area is 211 Å². The van der Waals surface area contributed by atoms with Crippen molar-refractivity contribution in [1.29, 1.82) is 0 Å². The van der Waals surface area contributed by atoms with Crippen LogP contribution in [0.4, 0.5) is 0 Å². The summed E-state index contributed by atoms with van der Waals surface area (Å²) >= 11 is 0. The lowest BCUT2D eigenvalue weighted by atomic mass is 9.86. The summed E-state index contributed by atoms with van der Waals surface area (Å²) in [6, 6.07) is 3.08. The molecule has 0 atom stereocenters. The number of para-hydroxylation sites is 1. The second kappa shape index (κ2) is 7.08. The fourth-order valence-corrected chi connectivity index (χ4v) is 4.35. The van der Waals surface area contributed by atoms with E-state index in [1.54, 1.807) is 0 Å². The molecule has 0 saturated carbocycles. The number of hydrogen-bond donors (Lipinski definition) is 0. The van der Waals surface area contributed by atoms with E-state index < -0.39 is 42.3 Å². The van der Waals surface area contributed by atoms with Gasteiger partial charge in [-0.05, 0) is 61.9 Å². The zero-order valence-electron chi connectivity index (χ0n) is 30.9. The smallest absolute Gasteiger partial charge is 0.135 e. The van der Waals surface area contributed by atoms with Gasteiger partial charge < -0.3 is 4.42 Å². The molecule has 0 radical (unpaired) electrons. The van der Waals surface area contributed by atoms with Crippen LogP contribution in [0.1, 0.15) is 19.2 Å². The molecule has 0 N–H and O–H groups in total. The normalized spacial score (nSPS) is 17.6. The molecule has 0 spiro atoms. The molecule has 7 rings (SSSR count). The van der Waals surface area contributed by atoms with Crippen LogP contribution in [-0.4, -0.2) is 0 Å². The van der Waals surface area contributed by atoms with Crippen molar-refractivity contribution in [2.45, 2.75) is 0 Å². The Morgan fingerprint density at radius 2 is 0.970 bits per heavy atom. The molecule has 1 nitrogen and oxygen atoms in total. The van der Waals surface area contributed by atoms with Gasteiger partial charge in [0.15, 0.2) is 0 Å². The summed E-state index contributed by atoms with van der Waals surface area (Å²) in [6.07, 6.45) is 0. The van der Waals surface area contributed by atoms with Crippen LogP contribution in [-0.2, 0) is 0 Å². The molecule has 0 aliphatic carbocycles. The predicted molar refractivity (Wildman–Crippen MR) is 140 cm³/mol. The van der Waals surface area contributed by atoms with Crippen molar-refractivity contribution >= 4 is 43.5 Å². The number of rotatable bonds is 2. The Morgan fingerprint density at radius 3 is 1.64 bits per heavy atom. The van der Waals surface area contributed by atoms with Gasteiger partial charge >= 0.3 is 0 Å². The average molecular weight is 435 g/mol. The average Bonchev–Trinajstić information content (AvgIpc) is 3.43. The Hall–Kier alpha value is -4.36. The molecule has 1 aromatic heterocycles. The Morgan fingerprint density at radius 1 is 0.424 bits per heavy atom. The Kier molecular flexibility index (Phi) is 1.98. The highest BCUT2D eigenvalue weighted by atomic mass is 16.3. The van der Waals surface area contributed by atoms with E-state index in [1.807, 2.05) is 0 Å². The van der Waals surface area contributed by atoms with Crippen molar-refractivity contribution < 1.29 is 23.6 Å². The zero-order valence-corrected chi connectivity index (χ0v) is 16.9. The van der Waals surface area contributed by atoms with Crippen LogP contribution in [0.2, 0.25) is 0 Å². The van der Waals surface area contributed by atoms with E-state index in [4.69, 9.17) is 22.2 Å². The van der Waals surface area contributed by atoms with Crippen LogP contribution in [0.25, 0.3) is 65.7 Å². The van der Waals surface area contributed by atoms with Crippen LogP contribution < -0.4 is 0 Å². The van der Waals surface area contributed by atoms with Gasteiger partial charge in [0.05, 0.1) is 19.2 Å². The summed E-state index contributed by atoms with van der Waals surface area (Å²) in [4.78, 5) is 0. The first-order valence-corrected chi connectivity index (χ1v) is 10.1. The number of hydrogen-bond acceptors (Lipinski definition) is 1. The lowest BCUT2D eigenvalue weighted by Crippen LogP contribution is -1.90. The highest BCUT2D eigenvalue weighted by molar-refractivity contribution is 6.22. The molecular formula is C32H20O. The van der Waals surface area contributed by atoms with Gasteiger partial charge in [0.1, 0.15) is 11.2 Å². The van der Waals surface area contributed by atoms with Crippen molar-refractivity contribution in [1.82, 2.24) is 0 Å². The van der Waals surface area contributed by atoms with E-state index in [0.717, 1.165) is 0 Å². The molecule has 154 valence electrons. The quantitative estimate of drug-likeness (QED) is 0.247. The van der Waals surface area contributed by atoms with E-state index in [2.05, 4.69) is 0 Å². The largest absolute Gasteiger partial charge is 0.456 e. The van der Waals surface area contributed by atoms with E-state index in [-0.39, 0.29) is 86.1 Å². The van der Waals surface area contributed by atoms with Gasteiger partial charge in [0.25, 0.3) is 0 Å². The Bertz CT molecular complexity index is 2480. The fourth-order valence-electron chi connectivity index (χ4n) is 4.35. The van der Waals surface area contributed by atoms with Crippen LogP contribution in [0, 0.1) is 0 Å². The van der Waals surface area contributed by atoms with Crippen LogP contribution in [0.15, 0.2) is 125 Å². The summed E-state index contributed by atoms with van der Waals surface area (Å²) in [7, 11) is 0. The van der Waals surface area contributed by atoms with E-state index in [1.165, 1.54) is 36.4 Å². The fraction of sp³-hybridized carbons (Fsp3) is 0. The molecule has 0 unspecified atom stereocenters. The molecule has 0 aliphatic heterocycles. The van der Waals surface area contributed by atoms with Crippen molar-refractivity contribution in [3.05, 3.63) is 121 Å². The minimum atomic E-state index is -0.572. The molecule has 0 amide bonds. The lowest BCUT2D eigenvalue weighted by molar-refractivity contribution is 0.669. The summed E-state index contributed by atoms with van der Waals surface area (Å²) in [5.74, 6) is 0. The highest BCUT2D eigenvalue weighted by Crippen LogP contribution is 2.44. The maximum Gasteiger partial charge on any atom is 0.135 e. The molecule has 0 bridgehead atoms. The topological polar surface area (TPSA) is 13.1 Å². The minimum Gasteiger partial charge on any atom is -0.456 e. The van der Waals surface area contributed by atoms with Crippen LogP contribution >= 0.6 is 0 Å². The third-order valence-electron chi connectivity index (χ3n) is 5.71. The van der Waals surface area contributed by atoms with Crippen molar-refractivity contribution in [2.75, 3.05) is 0 Å². The summed E-state index contributed by atoms with van der Waals surface area (Å²) in [5, 5.41) is 0.798. The van der Waals surface area contributed by atoms with Gasteiger partial charge in [-0.15, -0.1) is 0 Å². The third kappa shape index (κ3) is 2.73. The summed E-state index contributed by atoms with van der Waals surface area (Å²) in [6.45, 7) is 0. The molecule has 7 aromatic rings. The summed E-state index contributed by atoms with van der Waals surface area (Å²) < 4.78 is 125. The zero-order chi connectivity index (χ0) is 34.0. The highest BCUT2D eigenvalue weighted by Gasteiger charge is 2.17. The van der Waals surface area contributed by atoms with Crippen LogP contribution in [0.5, 0.6) is 0 Å². The van der Waals surface area contributed by atoms with Gasteiger partial charge in [-0.1, -0.05) is 103 Å². The molecule has 1 heteroatoms. The first kappa shape index (κ1) is 9.25. The first-order valence-electron chi connectivity index (χ1n) is 17.1. The van der Waals surface area contributed by atoms with E-state index >= 15 is 0 Å². The molecule has 0 fully saturated rings. The van der Waals surface area contributed by atoms with Crippen molar-refractivity contribution in [3.63, 3.8) is 0 Å². The maximum atomic E-state index is 9.39. The van der Waals surface area contributed by atoms with Crippen LogP contribution in [0.3, 0.4) is 0 Å². The molecule has 0 saturated heterocycles. The van der Waals surface area contributed by atoms with E-state index in [0.29, 0.717) is 21.9 Å². The predicted octanol–water partition coefficient (Wildman–Crippen LogP) is 9.23. The Balaban J connectivity index is 1.77. The second-order valence-corrected chi connectivity index (χ2v) is 7.48. The number of benzene rings is 6. The summed E-state index contributed by atoms with van der Waals surface area (Å²) in [5.41, 5.74) is 0.0624. The molecule has 6 aromatic carbocycles. The molecular weight excluding hydrogens is 400 g/mol. The van der Waals surface area contributed by atoms with Gasteiger partial charge in [-0.25, -0.2) is 0 Å². The van der Waals surface area contributed by atoms with Gasteiger partial charge in [0, 0.05) is 10.8 Å². The molecule has 1 heterocycles. The molecule has 33 heavy (non-hydrogen) atoms. The third-order valence-corrected chi connectivity index (χ3v) is 5.71. The van der Waals surface area contributed by atoms with Gasteiger partial charge in [-0.3, -0.25) is 0 Å². The standard InChI is InChI=1S/C32H20O/c1-2-10-21(11-3-1)31-24-13-4-6-15-26(24)32(27-16-7-5-14-25(27)31)22-18-19-30-28(20-22)23-12-8-9-17-29(23)33-30/h1-20H/i1D,2D,3D,4D,5D,6D,7D,8D,9D,12D,17D,18D,19D,20D. The SMILES string of the molecule is [2H]c1cc2c(-c3cc([2H])c([2H])c([2H])c3)c3cc([2H])c([2H])cc3c(-c3c([2H])c([2H])c4oc5c([2H])c([2H])c([2H])c([2H])c5c4c3[2H])c2cc1[2H]. The number of furan rings is 1. The molecule has 0 aliphatic rings. The van der Waals surface area contributed by atoms with Gasteiger partial charge in [0.2, 0.25) is 0 Å². The van der Waals surface area contributed by atoms with Gasteiger partial charge in [-0.2, -0.15) is 0 Å².